The van der Waals surface area contributed by atoms with Gasteiger partial charge in [0.05, 0.1) is 19.9 Å². The summed E-state index contributed by atoms with van der Waals surface area (Å²) in [7, 11) is 7.19. The van der Waals surface area contributed by atoms with Gasteiger partial charge in [0.25, 0.3) is 0 Å². The maximum atomic E-state index is 13.5. The van der Waals surface area contributed by atoms with Crippen LogP contribution in [0.3, 0.4) is 0 Å². The first kappa shape index (κ1) is 27.8. The number of benzene rings is 3. The molecule has 1 aliphatic carbocycles. The number of terminal acetylenes is 1. The van der Waals surface area contributed by atoms with Crippen molar-refractivity contribution in [3.05, 3.63) is 77.1 Å². The molecule has 39 heavy (non-hydrogen) atoms. The van der Waals surface area contributed by atoms with Crippen molar-refractivity contribution in [2.45, 2.75) is 6.10 Å². The second-order valence-corrected chi connectivity index (χ2v) is 9.13. The van der Waals surface area contributed by atoms with E-state index in [9.17, 15) is 4.39 Å². The number of nitrogens with one attached hydrogen (secondary N) is 1. The highest BCUT2D eigenvalue weighted by Crippen LogP contribution is 2.46. The fourth-order valence-electron chi connectivity index (χ4n) is 4.50. The van der Waals surface area contributed by atoms with Gasteiger partial charge in [-0.15, -0.1) is 18.8 Å². The smallest absolute Gasteiger partial charge is 0.212 e. The van der Waals surface area contributed by atoms with E-state index in [1.54, 1.807) is 26.4 Å². The summed E-state index contributed by atoms with van der Waals surface area (Å²) < 4.78 is 30.6. The van der Waals surface area contributed by atoms with Gasteiger partial charge in [0.15, 0.2) is 11.5 Å². The minimum atomic E-state index is -0.800. The second kappa shape index (κ2) is 11.7. The predicted molar refractivity (Wildman–Crippen MR) is 153 cm³/mol. The fraction of sp³-hybridized carbons (Fsp3) is 0.233. The largest absolute Gasteiger partial charge is 0.493 e. The van der Waals surface area contributed by atoms with Crippen LogP contribution in [0.4, 0.5) is 4.39 Å². The number of likely N-dealkylation sites (N-methyl/N-ethyl adjacent to an activating group) is 1. The maximum Gasteiger partial charge on any atom is 0.212 e. The molecule has 0 fully saturated rings. The molecular formula is C30H29ClFN3O4. The van der Waals surface area contributed by atoms with Gasteiger partial charge >= 0.3 is 0 Å². The molecule has 1 atom stereocenters. The zero-order valence-corrected chi connectivity index (χ0v) is 22.9. The summed E-state index contributed by atoms with van der Waals surface area (Å²) in [5.74, 6) is 4.15. The van der Waals surface area contributed by atoms with Crippen LogP contribution in [0.25, 0.3) is 22.2 Å². The van der Waals surface area contributed by atoms with Crippen LogP contribution in [-0.4, -0.2) is 57.1 Å². The van der Waals surface area contributed by atoms with Crippen LogP contribution >= 0.6 is 12.4 Å². The number of methoxy groups -OCH3 is 2. The number of hydrogen-bond donors (Lipinski definition) is 1. The Bertz CT molecular complexity index is 1560. The molecule has 0 saturated heterocycles. The average Bonchev–Trinajstić information content (AvgIpc) is 3.43. The highest BCUT2D eigenvalue weighted by molar-refractivity contribution is 6.30. The number of oxime groups is 1. The molecular weight excluding hydrogens is 521 g/mol. The van der Waals surface area contributed by atoms with Gasteiger partial charge in [-0.3, -0.25) is 0 Å². The Morgan fingerprint density at radius 3 is 2.33 bits per heavy atom. The molecule has 0 spiro atoms. The third-order valence-corrected chi connectivity index (χ3v) is 6.44. The number of ether oxygens (including phenoxy) is 3. The van der Waals surface area contributed by atoms with Gasteiger partial charge in [-0.25, -0.2) is 4.39 Å². The molecule has 1 aliphatic rings. The first-order valence-corrected chi connectivity index (χ1v) is 12.1. The third-order valence-electron chi connectivity index (χ3n) is 6.44. The Morgan fingerprint density at radius 2 is 1.69 bits per heavy atom. The predicted octanol–water partition coefficient (Wildman–Crippen LogP) is 5.81. The van der Waals surface area contributed by atoms with Gasteiger partial charge in [-0.1, -0.05) is 23.2 Å². The molecule has 0 aliphatic heterocycles. The van der Waals surface area contributed by atoms with Crippen molar-refractivity contribution in [2.24, 2.45) is 5.16 Å². The molecule has 9 heteroatoms. The first-order chi connectivity index (χ1) is 18.4. The Morgan fingerprint density at radius 1 is 1.00 bits per heavy atom. The van der Waals surface area contributed by atoms with Crippen molar-refractivity contribution in [1.82, 2.24) is 9.88 Å². The van der Waals surface area contributed by atoms with E-state index in [1.165, 1.54) is 12.1 Å². The van der Waals surface area contributed by atoms with Crippen molar-refractivity contribution < 1.29 is 23.4 Å². The van der Waals surface area contributed by atoms with Crippen molar-refractivity contribution in [3.8, 4) is 40.8 Å². The Hall–Kier alpha value is -4.19. The van der Waals surface area contributed by atoms with Crippen LogP contribution in [0, 0.1) is 18.2 Å². The van der Waals surface area contributed by atoms with E-state index in [1.807, 2.05) is 44.4 Å². The number of rotatable bonds is 9. The van der Waals surface area contributed by atoms with E-state index >= 15 is 0 Å². The lowest BCUT2D eigenvalue weighted by atomic mass is 10.1. The summed E-state index contributed by atoms with van der Waals surface area (Å²) >= 11 is 0. The summed E-state index contributed by atoms with van der Waals surface area (Å²) in [5.41, 5.74) is 5.58. The van der Waals surface area contributed by atoms with E-state index in [-0.39, 0.29) is 18.2 Å². The molecule has 5 rings (SSSR count). The van der Waals surface area contributed by atoms with E-state index in [0.717, 1.165) is 45.6 Å². The van der Waals surface area contributed by atoms with Crippen LogP contribution in [0.15, 0.2) is 59.8 Å². The third kappa shape index (κ3) is 5.37. The van der Waals surface area contributed by atoms with Gasteiger partial charge in [-0.2, -0.15) is 0 Å². The number of aromatic amines is 1. The number of halogens is 2. The van der Waals surface area contributed by atoms with Gasteiger partial charge < -0.3 is 28.9 Å². The first-order valence-electron chi connectivity index (χ1n) is 12.1. The summed E-state index contributed by atoms with van der Waals surface area (Å²) in [6.07, 6.45) is 4.96. The number of H-pyrrole nitrogens is 1. The molecule has 0 saturated carbocycles. The number of aromatic nitrogens is 1. The molecule has 0 radical (unpaired) electrons. The van der Waals surface area contributed by atoms with Crippen LogP contribution < -0.4 is 14.2 Å². The van der Waals surface area contributed by atoms with Crippen LogP contribution in [0.2, 0.25) is 0 Å². The lowest BCUT2D eigenvalue weighted by Gasteiger charge is -2.13. The van der Waals surface area contributed by atoms with E-state index in [2.05, 4.69) is 21.0 Å². The number of nitrogens with zero attached hydrogens (tertiary/aromatic N) is 2. The molecule has 7 nitrogen and oxygen atoms in total. The summed E-state index contributed by atoms with van der Waals surface area (Å²) in [4.78, 5) is 11.5. The van der Waals surface area contributed by atoms with Crippen molar-refractivity contribution in [3.63, 3.8) is 0 Å². The highest BCUT2D eigenvalue weighted by Gasteiger charge is 2.32. The lowest BCUT2D eigenvalue weighted by molar-refractivity contribution is 0.100. The molecule has 0 bridgehead atoms. The SMILES string of the molecule is C#CC(O/N=C1\c2cc(OC)c(OC)cc2-c2[nH]c3ccc(OCCN(C)C)cc3c21)c1ccc(F)cc1.Cl. The molecule has 1 heterocycles. The van der Waals surface area contributed by atoms with Gasteiger partial charge in [0.2, 0.25) is 6.10 Å². The van der Waals surface area contributed by atoms with Crippen molar-refractivity contribution >= 4 is 29.0 Å². The van der Waals surface area contributed by atoms with Crippen molar-refractivity contribution in [1.29, 1.82) is 0 Å². The molecule has 4 aromatic rings. The van der Waals surface area contributed by atoms with Crippen LogP contribution in [0.1, 0.15) is 22.8 Å². The highest BCUT2D eigenvalue weighted by atomic mass is 35.5. The molecule has 202 valence electrons. The fourth-order valence-corrected chi connectivity index (χ4v) is 4.50. The standard InChI is InChI=1S/C30H28FN3O4.ClH/c1-6-25(18-7-9-19(31)10-8-18)38-33-30-22-17-27(36-5)26(35-4)16-21(22)29-28(30)23-15-20(11-12-24(23)32-29)37-14-13-34(2)3;/h1,7-12,15-17,25,32H,13-14H2,2-5H3;1H/b33-30+;. The Labute approximate surface area is 232 Å². The van der Waals surface area contributed by atoms with Crippen LogP contribution in [-0.2, 0) is 4.84 Å². The van der Waals surface area contributed by atoms with Gasteiger partial charge in [-0.05, 0) is 56.6 Å². The lowest BCUT2D eigenvalue weighted by Crippen LogP contribution is -2.19. The van der Waals surface area contributed by atoms with E-state index < -0.39 is 6.10 Å². The summed E-state index contributed by atoms with van der Waals surface area (Å²) in [6.45, 7) is 1.36. The zero-order chi connectivity index (χ0) is 26.8. The van der Waals surface area contributed by atoms with Crippen LogP contribution in [0.5, 0.6) is 17.2 Å². The minimum absolute atomic E-state index is 0. The summed E-state index contributed by atoms with van der Waals surface area (Å²) in [5, 5.41) is 5.49. The normalized spacial score (nSPS) is 13.4. The van der Waals surface area contributed by atoms with Gasteiger partial charge in [0.1, 0.15) is 23.9 Å². The Kier molecular flexibility index (Phi) is 8.34. The average molecular weight is 550 g/mol. The molecule has 0 amide bonds. The zero-order valence-electron chi connectivity index (χ0n) is 22.1. The monoisotopic (exact) mass is 549 g/mol. The minimum Gasteiger partial charge on any atom is -0.493 e. The topological polar surface area (TPSA) is 68.3 Å². The Balaban J connectivity index is 0.00000353. The number of hydrogen-bond acceptors (Lipinski definition) is 6. The maximum absolute atomic E-state index is 13.5. The van der Waals surface area contributed by atoms with E-state index in [4.69, 9.17) is 25.5 Å². The molecule has 1 N–H and O–H groups in total. The second-order valence-electron chi connectivity index (χ2n) is 9.13. The van der Waals surface area contributed by atoms with Gasteiger partial charge in [0, 0.05) is 39.7 Å². The molecule has 1 unspecified atom stereocenters. The molecule has 1 aromatic heterocycles. The van der Waals surface area contributed by atoms with E-state index in [0.29, 0.717) is 29.4 Å². The number of fused-ring (bicyclic) bond motifs is 5. The van der Waals surface area contributed by atoms with Crippen molar-refractivity contribution in [2.75, 3.05) is 41.5 Å². The quantitative estimate of drug-likeness (QED) is 0.186. The molecule has 3 aromatic carbocycles. The summed E-state index contributed by atoms with van der Waals surface area (Å²) in [6, 6.07) is 15.6.